The maximum atomic E-state index is 12.5. The van der Waals surface area contributed by atoms with Crippen LogP contribution in [0.25, 0.3) is 0 Å². The van der Waals surface area contributed by atoms with Crippen molar-refractivity contribution in [1.29, 1.82) is 0 Å². The summed E-state index contributed by atoms with van der Waals surface area (Å²) in [6.07, 6.45) is 1.21. The lowest BCUT2D eigenvalue weighted by molar-refractivity contribution is -0.130. The number of aliphatic hydroxyl groups excluding tert-OH is 1. The number of carbonyl (C=O) groups is 1. The Hall–Kier alpha value is -2.15. The second kappa shape index (κ2) is 7.00. The first-order valence-electron chi connectivity index (χ1n) is 8.72. The Morgan fingerprint density at radius 1 is 1.36 bits per heavy atom. The number of hydrogen-bond acceptors (Lipinski definition) is 5. The molecule has 0 saturated carbocycles. The molecular weight excluding hydrogens is 320 g/mol. The first-order chi connectivity index (χ1) is 11.8. The number of β-amino-alcohol motifs (C(OH)–C–C–N with tert-alkyl or cyclic N) is 1. The zero-order valence-corrected chi connectivity index (χ0v) is 15.3. The summed E-state index contributed by atoms with van der Waals surface area (Å²) in [5, 5.41) is 18.6. The van der Waals surface area contributed by atoms with Crippen molar-refractivity contribution in [3.8, 4) is 0 Å². The van der Waals surface area contributed by atoms with Crippen molar-refractivity contribution in [2.75, 3.05) is 13.1 Å². The molecule has 2 aromatic heterocycles. The molecule has 25 heavy (non-hydrogen) atoms. The Morgan fingerprint density at radius 2 is 2.12 bits per heavy atom. The van der Waals surface area contributed by atoms with Gasteiger partial charge in [-0.3, -0.25) is 9.48 Å². The quantitative estimate of drug-likeness (QED) is 0.883. The van der Waals surface area contributed by atoms with Gasteiger partial charge in [0, 0.05) is 50.7 Å². The molecule has 3 heterocycles. The van der Waals surface area contributed by atoms with Crippen LogP contribution in [0, 0.1) is 26.7 Å². The van der Waals surface area contributed by atoms with Crippen molar-refractivity contribution in [2.24, 2.45) is 13.0 Å². The fourth-order valence-electron chi connectivity index (χ4n) is 3.60. The standard InChI is InChI=1S/C18H26N4O3/c1-11-7-15(25-20-11)8-14-9-22(10-17(14)23)18(24)6-5-16-12(2)19-21(4)13(16)3/h7,14,17,23H,5-6,8-10H2,1-4H3/t14-,17-/m1/s1. The number of aliphatic hydroxyl groups is 1. The van der Waals surface area contributed by atoms with Crippen LogP contribution in [-0.2, 0) is 24.7 Å². The first-order valence-corrected chi connectivity index (χ1v) is 8.72. The van der Waals surface area contributed by atoms with E-state index in [2.05, 4.69) is 10.3 Å². The van der Waals surface area contributed by atoms with Crippen LogP contribution in [0.3, 0.4) is 0 Å². The van der Waals surface area contributed by atoms with E-state index in [0.29, 0.717) is 32.4 Å². The van der Waals surface area contributed by atoms with E-state index in [4.69, 9.17) is 4.52 Å². The molecule has 0 spiro atoms. The van der Waals surface area contributed by atoms with Gasteiger partial charge in [0.25, 0.3) is 0 Å². The highest BCUT2D eigenvalue weighted by molar-refractivity contribution is 5.77. The van der Waals surface area contributed by atoms with E-state index < -0.39 is 6.10 Å². The molecule has 1 aliphatic heterocycles. The van der Waals surface area contributed by atoms with Crippen LogP contribution < -0.4 is 0 Å². The van der Waals surface area contributed by atoms with E-state index in [1.807, 2.05) is 38.6 Å². The Balaban J connectivity index is 1.56. The van der Waals surface area contributed by atoms with E-state index in [0.717, 1.165) is 28.4 Å². The third-order valence-electron chi connectivity index (χ3n) is 5.15. The molecule has 1 fully saturated rings. The number of amides is 1. The smallest absolute Gasteiger partial charge is 0.223 e. The molecule has 2 aromatic rings. The summed E-state index contributed by atoms with van der Waals surface area (Å²) < 4.78 is 7.08. The normalized spacial score (nSPS) is 20.4. The Morgan fingerprint density at radius 3 is 2.72 bits per heavy atom. The van der Waals surface area contributed by atoms with E-state index in [1.165, 1.54) is 0 Å². The molecule has 1 saturated heterocycles. The van der Waals surface area contributed by atoms with Crippen LogP contribution in [-0.4, -0.2) is 50.0 Å². The van der Waals surface area contributed by atoms with Crippen molar-refractivity contribution in [3.63, 3.8) is 0 Å². The van der Waals surface area contributed by atoms with Crippen molar-refractivity contribution in [1.82, 2.24) is 19.8 Å². The Labute approximate surface area is 147 Å². The topological polar surface area (TPSA) is 84.4 Å². The number of rotatable bonds is 5. The summed E-state index contributed by atoms with van der Waals surface area (Å²) in [5.74, 6) is 0.841. The minimum Gasteiger partial charge on any atom is -0.391 e. The molecule has 0 aliphatic carbocycles. The monoisotopic (exact) mass is 346 g/mol. The number of hydrogen-bond donors (Lipinski definition) is 1. The summed E-state index contributed by atoms with van der Waals surface area (Å²) in [6, 6.07) is 1.88. The van der Waals surface area contributed by atoms with Gasteiger partial charge in [-0.25, -0.2) is 0 Å². The maximum absolute atomic E-state index is 12.5. The second-order valence-electron chi connectivity index (χ2n) is 7.04. The average Bonchev–Trinajstić information content (AvgIpc) is 3.19. The molecular formula is C18H26N4O3. The minimum absolute atomic E-state index is 0.00170. The fourth-order valence-corrected chi connectivity index (χ4v) is 3.60. The Kier molecular flexibility index (Phi) is 4.94. The largest absolute Gasteiger partial charge is 0.391 e. The number of aryl methyl sites for hydroxylation is 3. The Bertz CT molecular complexity index is 764. The van der Waals surface area contributed by atoms with E-state index in [1.54, 1.807) is 4.90 Å². The van der Waals surface area contributed by atoms with Gasteiger partial charge in [0.1, 0.15) is 5.76 Å². The van der Waals surface area contributed by atoms with Crippen LogP contribution >= 0.6 is 0 Å². The fraction of sp³-hybridized carbons (Fsp3) is 0.611. The molecule has 1 amide bonds. The average molecular weight is 346 g/mol. The molecule has 7 heteroatoms. The molecule has 136 valence electrons. The number of aromatic nitrogens is 3. The summed E-state index contributed by atoms with van der Waals surface area (Å²) in [6.45, 7) is 6.82. The molecule has 0 unspecified atom stereocenters. The molecule has 1 N–H and O–H groups in total. The summed E-state index contributed by atoms with van der Waals surface area (Å²) >= 11 is 0. The maximum Gasteiger partial charge on any atom is 0.223 e. The summed E-state index contributed by atoms with van der Waals surface area (Å²) in [5.41, 5.74) is 4.06. The van der Waals surface area contributed by atoms with Gasteiger partial charge in [-0.1, -0.05) is 5.16 Å². The van der Waals surface area contributed by atoms with Crippen molar-refractivity contribution < 1.29 is 14.4 Å². The molecule has 3 rings (SSSR count). The van der Waals surface area contributed by atoms with Crippen LogP contribution in [0.15, 0.2) is 10.6 Å². The SMILES string of the molecule is Cc1cc(C[C@@H]2CN(C(=O)CCc3c(C)nn(C)c3C)C[C@H]2O)on1. The zero-order valence-electron chi connectivity index (χ0n) is 15.3. The number of nitrogens with zero attached hydrogens (tertiary/aromatic N) is 4. The molecule has 0 radical (unpaired) electrons. The predicted octanol–water partition coefficient (Wildman–Crippen LogP) is 1.33. The summed E-state index contributed by atoms with van der Waals surface area (Å²) in [4.78, 5) is 14.3. The lowest BCUT2D eigenvalue weighted by Crippen LogP contribution is -2.29. The lowest BCUT2D eigenvalue weighted by Gasteiger charge is -2.16. The molecule has 7 nitrogen and oxygen atoms in total. The zero-order chi connectivity index (χ0) is 18.1. The van der Waals surface area contributed by atoms with Crippen molar-refractivity contribution in [2.45, 2.75) is 46.1 Å². The van der Waals surface area contributed by atoms with E-state index in [-0.39, 0.29) is 11.8 Å². The highest BCUT2D eigenvalue weighted by Gasteiger charge is 2.34. The number of likely N-dealkylation sites (tertiary alicyclic amines) is 1. The van der Waals surface area contributed by atoms with Gasteiger partial charge in [-0.15, -0.1) is 0 Å². The third kappa shape index (κ3) is 3.76. The predicted molar refractivity (Wildman–Crippen MR) is 92.0 cm³/mol. The van der Waals surface area contributed by atoms with Gasteiger partial charge in [0.05, 0.1) is 17.5 Å². The van der Waals surface area contributed by atoms with Gasteiger partial charge >= 0.3 is 0 Å². The third-order valence-corrected chi connectivity index (χ3v) is 5.15. The molecule has 0 bridgehead atoms. The van der Waals surface area contributed by atoms with Crippen molar-refractivity contribution in [3.05, 3.63) is 34.5 Å². The highest BCUT2D eigenvalue weighted by atomic mass is 16.5. The van der Waals surface area contributed by atoms with Gasteiger partial charge in [0.2, 0.25) is 5.91 Å². The molecule has 2 atom stereocenters. The molecule has 1 aliphatic rings. The van der Waals surface area contributed by atoms with Gasteiger partial charge < -0.3 is 14.5 Å². The van der Waals surface area contributed by atoms with E-state index in [9.17, 15) is 9.90 Å². The van der Waals surface area contributed by atoms with Crippen LogP contribution in [0.4, 0.5) is 0 Å². The van der Waals surface area contributed by atoms with Gasteiger partial charge in [-0.05, 0) is 32.8 Å². The highest BCUT2D eigenvalue weighted by Crippen LogP contribution is 2.23. The van der Waals surface area contributed by atoms with E-state index >= 15 is 0 Å². The van der Waals surface area contributed by atoms with Gasteiger partial charge in [-0.2, -0.15) is 5.10 Å². The van der Waals surface area contributed by atoms with Crippen LogP contribution in [0.5, 0.6) is 0 Å². The second-order valence-corrected chi connectivity index (χ2v) is 7.04. The van der Waals surface area contributed by atoms with Crippen LogP contribution in [0.1, 0.15) is 34.8 Å². The first kappa shape index (κ1) is 17.7. The van der Waals surface area contributed by atoms with Crippen molar-refractivity contribution >= 4 is 5.91 Å². The minimum atomic E-state index is -0.517. The van der Waals surface area contributed by atoms with Crippen LogP contribution in [0.2, 0.25) is 0 Å². The van der Waals surface area contributed by atoms with Gasteiger partial charge in [0.15, 0.2) is 0 Å². The lowest BCUT2D eigenvalue weighted by atomic mass is 10.0. The number of carbonyl (C=O) groups excluding carboxylic acids is 1. The molecule has 0 aromatic carbocycles. The summed E-state index contributed by atoms with van der Waals surface area (Å²) in [7, 11) is 1.92.